The molecule has 3 aromatic carbocycles. The number of hydrogen-bond donors (Lipinski definition) is 1. The molecule has 0 spiro atoms. The first-order valence-electron chi connectivity index (χ1n) is 6.71. The van der Waals surface area contributed by atoms with Gasteiger partial charge >= 0.3 is 119 Å². The maximum atomic E-state index is 11.6. The standard InChI is InChI=1S/C18H17OP/c19-20(16-10-4-1-5-11-16,17-12-6-2-7-13-17)18-14-8-3-9-15-18/h1-15,19-20H. The van der Waals surface area contributed by atoms with Crippen LogP contribution in [0.1, 0.15) is 0 Å². The topological polar surface area (TPSA) is 20.2 Å². The van der Waals surface area contributed by atoms with Crippen molar-refractivity contribution in [2.75, 3.05) is 0 Å². The molecule has 3 aromatic rings. The molecule has 0 saturated heterocycles. The van der Waals surface area contributed by atoms with Crippen molar-refractivity contribution in [2.45, 2.75) is 0 Å². The molecule has 2 heteroatoms. The average molecular weight is 280 g/mol. The zero-order valence-corrected chi connectivity index (χ0v) is 12.1. The van der Waals surface area contributed by atoms with Gasteiger partial charge in [-0.25, -0.2) is 0 Å². The van der Waals surface area contributed by atoms with Crippen LogP contribution in [0.5, 0.6) is 0 Å². The van der Waals surface area contributed by atoms with Gasteiger partial charge in [-0.2, -0.15) is 0 Å². The van der Waals surface area contributed by atoms with Crippen LogP contribution in [0.4, 0.5) is 0 Å². The molecule has 0 radical (unpaired) electrons. The van der Waals surface area contributed by atoms with Crippen molar-refractivity contribution < 1.29 is 4.89 Å². The molecular formula is C18H17OP. The van der Waals surface area contributed by atoms with Crippen LogP contribution in [-0.4, -0.2) is 4.89 Å². The second kappa shape index (κ2) is 5.58. The molecule has 1 nitrogen and oxygen atoms in total. The second-order valence-corrected chi connectivity index (χ2v) is 7.96. The predicted molar refractivity (Wildman–Crippen MR) is 88.8 cm³/mol. The van der Waals surface area contributed by atoms with Gasteiger partial charge in [-0.1, -0.05) is 0 Å². The first-order chi connectivity index (χ1) is 9.82. The summed E-state index contributed by atoms with van der Waals surface area (Å²) in [6, 6.07) is 30.0. The number of rotatable bonds is 3. The third kappa shape index (κ3) is 2.27. The SMILES string of the molecule is O[PH](c1ccccc1)(c1ccccc1)c1ccccc1. The summed E-state index contributed by atoms with van der Waals surface area (Å²) in [6.45, 7) is 0. The van der Waals surface area contributed by atoms with Crippen LogP contribution in [-0.2, 0) is 0 Å². The Morgan fingerprint density at radius 1 is 0.450 bits per heavy atom. The summed E-state index contributed by atoms with van der Waals surface area (Å²) in [5.74, 6) is 0. The van der Waals surface area contributed by atoms with Gasteiger partial charge in [-0.3, -0.25) is 0 Å². The van der Waals surface area contributed by atoms with Gasteiger partial charge in [0.05, 0.1) is 0 Å². The van der Waals surface area contributed by atoms with Crippen molar-refractivity contribution in [3.05, 3.63) is 91.0 Å². The molecule has 0 bridgehead atoms. The van der Waals surface area contributed by atoms with E-state index >= 15 is 0 Å². The Morgan fingerprint density at radius 3 is 0.950 bits per heavy atom. The van der Waals surface area contributed by atoms with Gasteiger partial charge in [0.25, 0.3) is 0 Å². The molecule has 3 rings (SSSR count). The molecule has 0 aliphatic rings. The van der Waals surface area contributed by atoms with Gasteiger partial charge in [0.1, 0.15) is 0 Å². The molecule has 0 atom stereocenters. The van der Waals surface area contributed by atoms with Crippen molar-refractivity contribution in [1.82, 2.24) is 0 Å². The summed E-state index contributed by atoms with van der Waals surface area (Å²) in [6.07, 6.45) is 0. The molecular weight excluding hydrogens is 263 g/mol. The maximum absolute atomic E-state index is 11.6. The first-order valence-corrected chi connectivity index (χ1v) is 8.65. The van der Waals surface area contributed by atoms with Crippen LogP contribution in [0.3, 0.4) is 0 Å². The summed E-state index contributed by atoms with van der Waals surface area (Å²) in [5, 5.41) is 3.03. The second-order valence-electron chi connectivity index (χ2n) is 4.81. The molecule has 0 saturated carbocycles. The summed E-state index contributed by atoms with van der Waals surface area (Å²) in [7, 11) is -2.88. The van der Waals surface area contributed by atoms with Crippen molar-refractivity contribution in [1.29, 1.82) is 0 Å². The third-order valence-electron chi connectivity index (χ3n) is 3.57. The van der Waals surface area contributed by atoms with Gasteiger partial charge in [-0.15, -0.1) is 0 Å². The van der Waals surface area contributed by atoms with E-state index in [0.717, 1.165) is 15.9 Å². The molecule has 0 aliphatic carbocycles. The van der Waals surface area contributed by atoms with Crippen molar-refractivity contribution in [3.63, 3.8) is 0 Å². The van der Waals surface area contributed by atoms with Gasteiger partial charge < -0.3 is 0 Å². The Balaban J connectivity index is 2.24. The van der Waals surface area contributed by atoms with Crippen LogP contribution in [0.15, 0.2) is 91.0 Å². The van der Waals surface area contributed by atoms with E-state index in [2.05, 4.69) is 0 Å². The van der Waals surface area contributed by atoms with Crippen molar-refractivity contribution >= 4 is 23.4 Å². The Kier molecular flexibility index (Phi) is 3.64. The zero-order valence-electron chi connectivity index (χ0n) is 11.1. The van der Waals surface area contributed by atoms with Crippen LogP contribution in [0.2, 0.25) is 0 Å². The Bertz CT molecular complexity index is 569. The molecule has 0 fully saturated rings. The average Bonchev–Trinajstić information content (AvgIpc) is 2.56. The fourth-order valence-electron chi connectivity index (χ4n) is 2.54. The van der Waals surface area contributed by atoms with Crippen molar-refractivity contribution in [2.24, 2.45) is 0 Å². The van der Waals surface area contributed by atoms with Crippen molar-refractivity contribution in [3.8, 4) is 0 Å². The fraction of sp³-hybridized carbons (Fsp3) is 0. The van der Waals surface area contributed by atoms with E-state index in [4.69, 9.17) is 0 Å². The molecule has 20 heavy (non-hydrogen) atoms. The van der Waals surface area contributed by atoms with Gasteiger partial charge in [-0.05, 0) is 0 Å². The predicted octanol–water partition coefficient (Wildman–Crippen LogP) is 2.62. The zero-order chi connectivity index (χ0) is 13.8. The van der Waals surface area contributed by atoms with Crippen LogP contribution >= 0.6 is 7.49 Å². The van der Waals surface area contributed by atoms with E-state index in [1.165, 1.54) is 0 Å². The Morgan fingerprint density at radius 2 is 0.700 bits per heavy atom. The summed E-state index contributed by atoms with van der Waals surface area (Å²) >= 11 is 0. The van der Waals surface area contributed by atoms with Gasteiger partial charge in [0.15, 0.2) is 0 Å². The monoisotopic (exact) mass is 280 g/mol. The summed E-state index contributed by atoms with van der Waals surface area (Å²) < 4.78 is 0. The number of benzene rings is 3. The minimum atomic E-state index is -2.88. The molecule has 0 unspecified atom stereocenters. The fourth-order valence-corrected chi connectivity index (χ4v) is 5.56. The van der Waals surface area contributed by atoms with Crippen LogP contribution in [0, 0.1) is 0 Å². The van der Waals surface area contributed by atoms with E-state index in [-0.39, 0.29) is 0 Å². The van der Waals surface area contributed by atoms with Gasteiger partial charge in [0, 0.05) is 0 Å². The quantitative estimate of drug-likeness (QED) is 0.731. The van der Waals surface area contributed by atoms with E-state index in [0.29, 0.717) is 0 Å². The minimum absolute atomic E-state index is 1.01. The van der Waals surface area contributed by atoms with E-state index in [1.54, 1.807) is 0 Å². The van der Waals surface area contributed by atoms with Crippen LogP contribution < -0.4 is 15.9 Å². The number of hydrogen-bond acceptors (Lipinski definition) is 1. The Labute approximate surface area is 120 Å². The molecule has 0 heterocycles. The summed E-state index contributed by atoms with van der Waals surface area (Å²) in [4.78, 5) is 11.6. The van der Waals surface area contributed by atoms with E-state index in [9.17, 15) is 4.89 Å². The third-order valence-corrected chi connectivity index (χ3v) is 7.08. The normalized spacial score (nSPS) is 12.1. The molecule has 100 valence electrons. The molecule has 1 N–H and O–H groups in total. The van der Waals surface area contributed by atoms with Gasteiger partial charge in [0.2, 0.25) is 0 Å². The summed E-state index contributed by atoms with van der Waals surface area (Å²) in [5.41, 5.74) is 0. The molecule has 0 amide bonds. The molecule has 0 aromatic heterocycles. The Hall–Kier alpha value is -1.95. The first kappa shape index (κ1) is 13.1. The van der Waals surface area contributed by atoms with Crippen LogP contribution in [0.25, 0.3) is 0 Å². The van der Waals surface area contributed by atoms with E-state index in [1.807, 2.05) is 91.0 Å². The molecule has 0 aliphatic heterocycles. The van der Waals surface area contributed by atoms with E-state index < -0.39 is 7.49 Å².